The number of pyridine rings is 1. The summed E-state index contributed by atoms with van der Waals surface area (Å²) in [5.74, 6) is -1.36. The van der Waals surface area contributed by atoms with E-state index in [4.69, 9.17) is 7.16 Å². The molecule has 0 aliphatic rings. The van der Waals surface area contributed by atoms with Crippen LogP contribution in [0.25, 0.3) is 54.7 Å². The highest BCUT2D eigenvalue weighted by molar-refractivity contribution is 6.75. The molecule has 32 heavy (non-hydrogen) atoms. The van der Waals surface area contributed by atoms with E-state index in [1.54, 1.807) is 12.3 Å². The van der Waals surface area contributed by atoms with Crippen molar-refractivity contribution in [1.82, 2.24) is 4.98 Å². The zero-order valence-electron chi connectivity index (χ0n) is 20.4. The molecule has 4 aromatic carbocycles. The Kier molecular flexibility index (Phi) is 3.78. The highest BCUT2D eigenvalue weighted by Crippen LogP contribution is 2.40. The lowest BCUT2D eigenvalue weighted by Gasteiger charge is -2.16. The second kappa shape index (κ2) is 7.04. The Morgan fingerprint density at radius 3 is 2.41 bits per heavy atom. The number of aromatic nitrogens is 1. The smallest absolute Gasteiger partial charge is 0.144 e. The van der Waals surface area contributed by atoms with Crippen molar-refractivity contribution < 1.29 is 7.16 Å². The van der Waals surface area contributed by atoms with E-state index in [0.29, 0.717) is 5.56 Å². The Balaban J connectivity index is 1.65. The first-order valence-electron chi connectivity index (χ1n) is 12.0. The van der Waals surface area contributed by atoms with Gasteiger partial charge in [0.05, 0.1) is 5.69 Å². The molecule has 0 N–H and O–H groups in total. The van der Waals surface area contributed by atoms with Crippen molar-refractivity contribution in [3.05, 3.63) is 90.6 Å². The Morgan fingerprint density at radius 2 is 1.53 bits per heavy atom. The first-order valence-corrected chi connectivity index (χ1v) is 14.5. The van der Waals surface area contributed by atoms with Gasteiger partial charge < -0.3 is 4.42 Å². The fourth-order valence-corrected chi connectivity index (χ4v) is 5.66. The number of hydrogen-bond donors (Lipinski definition) is 0. The van der Waals surface area contributed by atoms with Gasteiger partial charge in [0, 0.05) is 38.7 Å². The highest BCUT2D eigenvalue weighted by atomic mass is 28.3. The summed E-state index contributed by atoms with van der Waals surface area (Å²) in [5, 5.41) is 6.75. The molecule has 0 saturated carbocycles. The molecular formula is C29H25NOSi. The van der Waals surface area contributed by atoms with Crippen LogP contribution in [0, 0.1) is 0 Å². The van der Waals surface area contributed by atoms with Gasteiger partial charge in [0.1, 0.15) is 11.2 Å². The maximum atomic E-state index is 8.77. The maximum absolute atomic E-state index is 8.77. The van der Waals surface area contributed by atoms with Gasteiger partial charge in [0.25, 0.3) is 0 Å². The van der Waals surface area contributed by atoms with Gasteiger partial charge in [-0.05, 0) is 52.0 Å². The topological polar surface area (TPSA) is 26.0 Å². The van der Waals surface area contributed by atoms with Crippen LogP contribution in [0.5, 0.6) is 0 Å². The zero-order valence-corrected chi connectivity index (χ0v) is 19.4. The van der Waals surface area contributed by atoms with Crippen molar-refractivity contribution in [2.24, 2.45) is 0 Å². The number of rotatable bonds is 3. The summed E-state index contributed by atoms with van der Waals surface area (Å²) < 4.78 is 24.2. The van der Waals surface area contributed by atoms with E-state index in [1.807, 2.05) is 18.2 Å². The predicted octanol–water partition coefficient (Wildman–Crippen LogP) is 8.37. The van der Waals surface area contributed by atoms with Crippen LogP contribution in [-0.2, 0) is 6.00 Å². The van der Waals surface area contributed by atoms with Crippen molar-refractivity contribution in [2.45, 2.75) is 25.6 Å². The molecule has 0 saturated heterocycles. The molecule has 0 unspecified atom stereocenters. The minimum atomic E-state index is -2.10. The summed E-state index contributed by atoms with van der Waals surface area (Å²) in [6, 6.07) is 26.8. The zero-order chi connectivity index (χ0) is 23.7. The third-order valence-electron chi connectivity index (χ3n) is 5.93. The molecule has 0 aliphatic heterocycles. The van der Waals surface area contributed by atoms with Crippen LogP contribution in [0.1, 0.15) is 8.30 Å². The quantitative estimate of drug-likeness (QED) is 0.207. The SMILES string of the molecule is [2H]C([2H])(c1ccnc(-c2cccc3c2oc2c3ccc3ccc4ccccc4c32)c1)[Si](C)(C)C. The molecule has 6 rings (SSSR count). The van der Waals surface area contributed by atoms with Crippen LogP contribution in [0.3, 0.4) is 0 Å². The van der Waals surface area contributed by atoms with Gasteiger partial charge in [0.2, 0.25) is 0 Å². The van der Waals surface area contributed by atoms with Crippen LogP contribution < -0.4 is 0 Å². The van der Waals surface area contributed by atoms with Crippen molar-refractivity contribution in [2.75, 3.05) is 0 Å². The molecule has 6 aromatic rings. The molecule has 0 radical (unpaired) electrons. The molecule has 0 bridgehead atoms. The lowest BCUT2D eigenvalue weighted by atomic mass is 9.99. The lowest BCUT2D eigenvalue weighted by molar-refractivity contribution is 0.674. The van der Waals surface area contributed by atoms with E-state index in [2.05, 4.69) is 79.2 Å². The van der Waals surface area contributed by atoms with E-state index >= 15 is 0 Å². The van der Waals surface area contributed by atoms with Crippen LogP contribution in [-0.4, -0.2) is 13.1 Å². The van der Waals surface area contributed by atoms with Crippen LogP contribution in [0.4, 0.5) is 0 Å². The Morgan fingerprint density at radius 1 is 0.781 bits per heavy atom. The van der Waals surface area contributed by atoms with Gasteiger partial charge in [-0.15, -0.1) is 0 Å². The number of nitrogens with zero attached hydrogens (tertiary/aromatic N) is 1. The van der Waals surface area contributed by atoms with Gasteiger partial charge in [0.15, 0.2) is 0 Å². The first kappa shape index (κ1) is 17.2. The van der Waals surface area contributed by atoms with E-state index in [-0.39, 0.29) is 0 Å². The summed E-state index contributed by atoms with van der Waals surface area (Å²) in [4.78, 5) is 4.63. The first-order chi connectivity index (χ1) is 16.3. The molecule has 0 aliphatic carbocycles. The lowest BCUT2D eigenvalue weighted by Crippen LogP contribution is -2.23. The van der Waals surface area contributed by atoms with Crippen molar-refractivity contribution >= 4 is 51.6 Å². The summed E-state index contributed by atoms with van der Waals surface area (Å²) in [7, 11) is -2.10. The molecular weight excluding hydrogens is 406 g/mol. The molecule has 2 aromatic heterocycles. The predicted molar refractivity (Wildman–Crippen MR) is 139 cm³/mol. The van der Waals surface area contributed by atoms with E-state index in [1.165, 1.54) is 10.8 Å². The summed E-state index contributed by atoms with van der Waals surface area (Å²) >= 11 is 0. The monoisotopic (exact) mass is 433 g/mol. The molecule has 0 spiro atoms. The standard InChI is InChI=1S/C29H25NOSi/c1-32(2,3)18-19-15-16-30-26(17-19)25-10-6-9-23-24-14-13-21-12-11-20-7-4-5-8-22(20)27(21)29(24)31-28(23)25/h4-17H,18H2,1-3H3/i18D2. The van der Waals surface area contributed by atoms with E-state index < -0.39 is 14.1 Å². The fraction of sp³-hybridized carbons (Fsp3) is 0.138. The van der Waals surface area contributed by atoms with Gasteiger partial charge >= 0.3 is 0 Å². The Labute approximate surface area is 191 Å². The third kappa shape index (κ3) is 3.12. The molecule has 3 heteroatoms. The minimum absolute atomic E-state index is 0.682. The molecule has 0 atom stereocenters. The number of fused-ring (bicyclic) bond motifs is 7. The number of hydrogen-bond acceptors (Lipinski definition) is 2. The summed E-state index contributed by atoms with van der Waals surface area (Å²) in [6.45, 7) is 6.17. The third-order valence-corrected chi connectivity index (χ3v) is 6.97. The fourth-order valence-electron chi connectivity index (χ4n) is 4.63. The highest BCUT2D eigenvalue weighted by Gasteiger charge is 2.18. The van der Waals surface area contributed by atoms with Gasteiger partial charge in [-0.2, -0.15) is 0 Å². The van der Waals surface area contributed by atoms with Crippen LogP contribution in [0.2, 0.25) is 19.6 Å². The van der Waals surface area contributed by atoms with Crippen LogP contribution >= 0.6 is 0 Å². The van der Waals surface area contributed by atoms with Crippen molar-refractivity contribution in [1.29, 1.82) is 0 Å². The van der Waals surface area contributed by atoms with Crippen molar-refractivity contribution in [3.8, 4) is 11.3 Å². The van der Waals surface area contributed by atoms with Gasteiger partial charge in [-0.25, -0.2) is 0 Å². The second-order valence-electron chi connectivity index (χ2n) is 9.42. The maximum Gasteiger partial charge on any atom is 0.144 e. The van der Waals surface area contributed by atoms with Gasteiger partial charge in [-0.1, -0.05) is 74.2 Å². The number of furan rings is 1. The van der Waals surface area contributed by atoms with E-state index in [9.17, 15) is 0 Å². The average Bonchev–Trinajstić information content (AvgIpc) is 3.22. The summed E-state index contributed by atoms with van der Waals surface area (Å²) in [5.41, 5.74) is 3.97. The van der Waals surface area contributed by atoms with Crippen LogP contribution in [0.15, 0.2) is 89.5 Å². The Hall–Kier alpha value is -3.43. The molecule has 0 fully saturated rings. The normalized spacial score (nSPS) is 13.7. The molecule has 156 valence electrons. The Bertz CT molecular complexity index is 1730. The van der Waals surface area contributed by atoms with E-state index in [0.717, 1.165) is 44.0 Å². The van der Waals surface area contributed by atoms with Crippen molar-refractivity contribution in [3.63, 3.8) is 0 Å². The van der Waals surface area contributed by atoms with Gasteiger partial charge in [-0.3, -0.25) is 4.98 Å². The summed E-state index contributed by atoms with van der Waals surface area (Å²) in [6.07, 6.45) is 1.72. The number of benzene rings is 4. The molecule has 2 nitrogen and oxygen atoms in total. The largest absolute Gasteiger partial charge is 0.455 e. The molecule has 2 heterocycles. The minimum Gasteiger partial charge on any atom is -0.455 e. The number of para-hydroxylation sites is 1. The average molecular weight is 434 g/mol. The second-order valence-corrected chi connectivity index (χ2v) is 14.2. The molecule has 0 amide bonds.